The standard InChI is InChI=1S/C13H17NO2/c1-13(9-12(15)16-3)8-10-6-4-5-7-11(10)14(13)2/h4-7H,8-9H2,1-3H3. The predicted octanol–water partition coefficient (Wildman–Crippen LogP) is 2.00. The Balaban J connectivity index is 2.26. The molecular weight excluding hydrogens is 202 g/mol. The monoisotopic (exact) mass is 219 g/mol. The minimum absolute atomic E-state index is 0.151. The highest BCUT2D eigenvalue weighted by Crippen LogP contribution is 2.39. The average Bonchev–Trinajstić information content (AvgIpc) is 2.52. The van der Waals surface area contributed by atoms with Gasteiger partial charge in [0.05, 0.1) is 19.1 Å². The molecule has 0 aromatic heterocycles. The van der Waals surface area contributed by atoms with E-state index in [0.717, 1.165) is 6.42 Å². The number of hydrogen-bond acceptors (Lipinski definition) is 3. The summed E-state index contributed by atoms with van der Waals surface area (Å²) < 4.78 is 4.76. The van der Waals surface area contributed by atoms with Crippen LogP contribution >= 0.6 is 0 Å². The number of ether oxygens (including phenoxy) is 1. The zero-order chi connectivity index (χ0) is 11.8. The second-order valence-corrected chi connectivity index (χ2v) is 4.61. The Bertz CT molecular complexity index is 416. The van der Waals surface area contributed by atoms with Gasteiger partial charge in [0.15, 0.2) is 0 Å². The Kier molecular flexibility index (Phi) is 2.62. The number of nitrogens with zero attached hydrogens (tertiary/aromatic N) is 1. The molecule has 1 aliphatic rings. The van der Waals surface area contributed by atoms with Gasteiger partial charge in [0.25, 0.3) is 0 Å². The molecule has 1 unspecified atom stereocenters. The van der Waals surface area contributed by atoms with Gasteiger partial charge in [0.1, 0.15) is 0 Å². The van der Waals surface area contributed by atoms with Gasteiger partial charge in [-0.1, -0.05) is 18.2 Å². The fourth-order valence-electron chi connectivity index (χ4n) is 2.37. The first-order chi connectivity index (χ1) is 7.57. The second kappa shape index (κ2) is 3.81. The number of benzene rings is 1. The zero-order valence-corrected chi connectivity index (χ0v) is 9.99. The van der Waals surface area contributed by atoms with Crippen molar-refractivity contribution in [2.75, 3.05) is 19.1 Å². The summed E-state index contributed by atoms with van der Waals surface area (Å²) in [6.45, 7) is 2.10. The fourth-order valence-corrected chi connectivity index (χ4v) is 2.37. The van der Waals surface area contributed by atoms with Crippen LogP contribution in [0.4, 0.5) is 5.69 Å². The lowest BCUT2D eigenvalue weighted by Crippen LogP contribution is -2.43. The Hall–Kier alpha value is -1.51. The van der Waals surface area contributed by atoms with Gasteiger partial charge in [-0.25, -0.2) is 0 Å². The Labute approximate surface area is 96.0 Å². The summed E-state index contributed by atoms with van der Waals surface area (Å²) >= 11 is 0. The summed E-state index contributed by atoms with van der Waals surface area (Å²) in [6, 6.07) is 8.28. The molecule has 1 aliphatic heterocycles. The lowest BCUT2D eigenvalue weighted by Gasteiger charge is -2.33. The fraction of sp³-hybridized carbons (Fsp3) is 0.462. The first-order valence-corrected chi connectivity index (χ1v) is 5.45. The van der Waals surface area contributed by atoms with E-state index >= 15 is 0 Å². The number of methoxy groups -OCH3 is 1. The van der Waals surface area contributed by atoms with Crippen LogP contribution in [0.3, 0.4) is 0 Å². The molecule has 16 heavy (non-hydrogen) atoms. The molecule has 1 aromatic rings. The van der Waals surface area contributed by atoms with E-state index in [2.05, 4.69) is 24.0 Å². The number of esters is 1. The Morgan fingerprint density at radius 2 is 2.19 bits per heavy atom. The maximum Gasteiger partial charge on any atom is 0.307 e. The maximum atomic E-state index is 11.4. The molecule has 0 aliphatic carbocycles. The number of hydrogen-bond donors (Lipinski definition) is 0. The molecule has 0 spiro atoms. The number of anilines is 1. The van der Waals surface area contributed by atoms with Gasteiger partial charge in [-0.05, 0) is 25.0 Å². The van der Waals surface area contributed by atoms with Gasteiger partial charge in [-0.2, -0.15) is 0 Å². The number of fused-ring (bicyclic) bond motifs is 1. The summed E-state index contributed by atoms with van der Waals surface area (Å²) in [6.07, 6.45) is 1.32. The van der Waals surface area contributed by atoms with Gasteiger partial charge in [0, 0.05) is 12.7 Å². The van der Waals surface area contributed by atoms with E-state index in [9.17, 15) is 4.79 Å². The molecule has 86 valence electrons. The van der Waals surface area contributed by atoms with Crippen molar-refractivity contribution in [3.05, 3.63) is 29.8 Å². The van der Waals surface area contributed by atoms with Crippen molar-refractivity contribution < 1.29 is 9.53 Å². The maximum absolute atomic E-state index is 11.4. The van der Waals surface area contributed by atoms with Gasteiger partial charge < -0.3 is 9.64 Å². The molecule has 3 nitrogen and oxygen atoms in total. The molecule has 0 N–H and O–H groups in total. The third-order valence-corrected chi connectivity index (χ3v) is 3.49. The third kappa shape index (κ3) is 1.66. The van der Waals surface area contributed by atoms with Gasteiger partial charge in [-0.3, -0.25) is 4.79 Å². The molecule has 0 radical (unpaired) electrons. The van der Waals surface area contributed by atoms with Crippen molar-refractivity contribution in [3.8, 4) is 0 Å². The van der Waals surface area contributed by atoms with Crippen LogP contribution in [0, 0.1) is 0 Å². The molecule has 0 bridgehead atoms. The minimum Gasteiger partial charge on any atom is -0.469 e. The van der Waals surface area contributed by atoms with E-state index in [0.29, 0.717) is 6.42 Å². The zero-order valence-electron chi connectivity index (χ0n) is 9.99. The first kappa shape index (κ1) is 11.0. The van der Waals surface area contributed by atoms with E-state index in [1.165, 1.54) is 18.4 Å². The molecule has 1 heterocycles. The predicted molar refractivity (Wildman–Crippen MR) is 63.6 cm³/mol. The van der Waals surface area contributed by atoms with Crippen LogP contribution in [-0.2, 0) is 16.0 Å². The lowest BCUT2D eigenvalue weighted by atomic mass is 9.93. The quantitative estimate of drug-likeness (QED) is 0.712. The van der Waals surface area contributed by atoms with Gasteiger partial charge in [0.2, 0.25) is 0 Å². The van der Waals surface area contributed by atoms with Gasteiger partial charge >= 0.3 is 5.97 Å². The normalized spacial score (nSPS) is 23.1. The van der Waals surface area contributed by atoms with Crippen LogP contribution in [0.25, 0.3) is 0 Å². The summed E-state index contributed by atoms with van der Waals surface area (Å²) in [5.74, 6) is -0.151. The molecule has 3 heteroatoms. The molecule has 0 saturated heterocycles. The Morgan fingerprint density at radius 3 is 2.81 bits per heavy atom. The van der Waals surface area contributed by atoms with E-state index in [1.807, 2.05) is 19.2 Å². The number of carbonyl (C=O) groups excluding carboxylic acids is 1. The number of likely N-dealkylation sites (N-methyl/N-ethyl adjacent to an activating group) is 1. The minimum atomic E-state index is -0.156. The number of carbonyl (C=O) groups is 1. The summed E-state index contributed by atoms with van der Waals surface area (Å²) in [5.41, 5.74) is 2.36. The van der Waals surface area contributed by atoms with Crippen LogP contribution in [0.1, 0.15) is 18.9 Å². The van der Waals surface area contributed by atoms with Crippen molar-refractivity contribution in [2.24, 2.45) is 0 Å². The van der Waals surface area contributed by atoms with Crippen LogP contribution in [-0.4, -0.2) is 25.7 Å². The third-order valence-electron chi connectivity index (χ3n) is 3.49. The van der Waals surface area contributed by atoms with Crippen molar-refractivity contribution in [3.63, 3.8) is 0 Å². The van der Waals surface area contributed by atoms with Crippen molar-refractivity contribution in [2.45, 2.75) is 25.3 Å². The Morgan fingerprint density at radius 1 is 1.50 bits per heavy atom. The molecule has 0 amide bonds. The van der Waals surface area contributed by atoms with E-state index in [4.69, 9.17) is 4.74 Å². The largest absolute Gasteiger partial charge is 0.469 e. The van der Waals surface area contributed by atoms with E-state index in [1.54, 1.807) is 0 Å². The van der Waals surface area contributed by atoms with Crippen LogP contribution in [0.2, 0.25) is 0 Å². The van der Waals surface area contributed by atoms with Gasteiger partial charge in [-0.15, -0.1) is 0 Å². The number of rotatable bonds is 2. The highest BCUT2D eigenvalue weighted by atomic mass is 16.5. The summed E-state index contributed by atoms with van der Waals surface area (Å²) in [7, 11) is 3.47. The molecular formula is C13H17NO2. The summed E-state index contributed by atoms with van der Waals surface area (Å²) in [4.78, 5) is 13.6. The van der Waals surface area contributed by atoms with Crippen LogP contribution < -0.4 is 4.90 Å². The molecule has 0 saturated carbocycles. The topological polar surface area (TPSA) is 29.5 Å². The second-order valence-electron chi connectivity index (χ2n) is 4.61. The smallest absolute Gasteiger partial charge is 0.307 e. The van der Waals surface area contributed by atoms with Crippen LogP contribution in [0.5, 0.6) is 0 Å². The van der Waals surface area contributed by atoms with E-state index < -0.39 is 0 Å². The lowest BCUT2D eigenvalue weighted by molar-refractivity contribution is -0.141. The van der Waals surface area contributed by atoms with Crippen molar-refractivity contribution in [1.29, 1.82) is 0 Å². The average molecular weight is 219 g/mol. The van der Waals surface area contributed by atoms with Crippen molar-refractivity contribution in [1.82, 2.24) is 0 Å². The summed E-state index contributed by atoms with van der Waals surface area (Å²) in [5, 5.41) is 0. The molecule has 1 aromatic carbocycles. The SMILES string of the molecule is COC(=O)CC1(C)Cc2ccccc2N1C. The molecule has 1 atom stereocenters. The number of para-hydroxylation sites is 1. The molecule has 2 rings (SSSR count). The molecule has 0 fully saturated rings. The van der Waals surface area contributed by atoms with E-state index in [-0.39, 0.29) is 11.5 Å². The van der Waals surface area contributed by atoms with Crippen molar-refractivity contribution >= 4 is 11.7 Å². The van der Waals surface area contributed by atoms with Crippen LogP contribution in [0.15, 0.2) is 24.3 Å². The first-order valence-electron chi connectivity index (χ1n) is 5.45. The highest BCUT2D eigenvalue weighted by Gasteiger charge is 2.39. The highest BCUT2D eigenvalue weighted by molar-refractivity contribution is 5.74.